The molecule has 0 aliphatic rings. The highest BCUT2D eigenvalue weighted by molar-refractivity contribution is 6.25. The van der Waals surface area contributed by atoms with Gasteiger partial charge in [0.25, 0.3) is 0 Å². The molecule has 0 radical (unpaired) electrons. The largest absolute Gasteiger partial charge is 0.456 e. The average molecular weight is 753 g/mol. The lowest BCUT2D eigenvalue weighted by molar-refractivity contribution is 0.669. The van der Waals surface area contributed by atoms with Crippen molar-refractivity contribution in [3.8, 4) is 27.9 Å². The molecular formula is C56H36N2O. The molecule has 0 N–H and O–H groups in total. The zero-order valence-corrected chi connectivity index (χ0v) is 32.1. The van der Waals surface area contributed by atoms with Crippen LogP contribution in [0, 0.1) is 0 Å². The zero-order chi connectivity index (χ0) is 38.9. The van der Waals surface area contributed by atoms with Gasteiger partial charge < -0.3 is 13.9 Å². The van der Waals surface area contributed by atoms with E-state index in [0.717, 1.165) is 55.5 Å². The summed E-state index contributed by atoms with van der Waals surface area (Å²) in [5.74, 6) is 0. The van der Waals surface area contributed by atoms with E-state index in [1.807, 2.05) is 12.1 Å². The highest BCUT2D eigenvalue weighted by Gasteiger charge is 2.22. The van der Waals surface area contributed by atoms with E-state index in [4.69, 9.17) is 4.42 Å². The molecule has 0 saturated carbocycles. The molecule has 0 unspecified atom stereocenters. The van der Waals surface area contributed by atoms with Gasteiger partial charge in [-0.2, -0.15) is 0 Å². The van der Waals surface area contributed by atoms with Gasteiger partial charge in [0.05, 0.1) is 16.7 Å². The second kappa shape index (κ2) is 13.4. The smallest absolute Gasteiger partial charge is 0.137 e. The Labute approximate surface area is 341 Å². The molecule has 2 aromatic heterocycles. The van der Waals surface area contributed by atoms with E-state index in [1.54, 1.807) is 0 Å². The Morgan fingerprint density at radius 3 is 1.80 bits per heavy atom. The summed E-state index contributed by atoms with van der Waals surface area (Å²) in [7, 11) is 0. The highest BCUT2D eigenvalue weighted by Crippen LogP contribution is 2.46. The maximum Gasteiger partial charge on any atom is 0.137 e. The van der Waals surface area contributed by atoms with Crippen LogP contribution >= 0.6 is 0 Å². The molecule has 0 saturated heterocycles. The summed E-state index contributed by atoms with van der Waals surface area (Å²) in [5.41, 5.74) is 13.1. The van der Waals surface area contributed by atoms with E-state index in [9.17, 15) is 0 Å². The summed E-state index contributed by atoms with van der Waals surface area (Å²) < 4.78 is 8.98. The Morgan fingerprint density at radius 2 is 0.983 bits per heavy atom. The fourth-order valence-electron chi connectivity index (χ4n) is 9.27. The summed E-state index contributed by atoms with van der Waals surface area (Å²) >= 11 is 0. The van der Waals surface area contributed by atoms with E-state index in [2.05, 4.69) is 216 Å². The van der Waals surface area contributed by atoms with Crippen LogP contribution in [0.15, 0.2) is 223 Å². The molecule has 10 aromatic carbocycles. The number of benzene rings is 10. The topological polar surface area (TPSA) is 21.3 Å². The number of hydrogen-bond acceptors (Lipinski definition) is 2. The maximum absolute atomic E-state index is 6.51. The lowest BCUT2D eigenvalue weighted by Crippen LogP contribution is -2.11. The van der Waals surface area contributed by atoms with Crippen LogP contribution in [0.1, 0.15) is 0 Å². The Balaban J connectivity index is 1.15. The van der Waals surface area contributed by atoms with Gasteiger partial charge in [-0.1, -0.05) is 158 Å². The third-order valence-electron chi connectivity index (χ3n) is 11.9. The third kappa shape index (κ3) is 5.36. The Morgan fingerprint density at radius 1 is 0.356 bits per heavy atom. The average Bonchev–Trinajstić information content (AvgIpc) is 3.86. The van der Waals surface area contributed by atoms with Crippen molar-refractivity contribution < 1.29 is 4.42 Å². The predicted octanol–water partition coefficient (Wildman–Crippen LogP) is 15.8. The molecule has 2 heterocycles. The molecule has 276 valence electrons. The van der Waals surface area contributed by atoms with Crippen LogP contribution in [-0.4, -0.2) is 4.57 Å². The molecule has 0 atom stereocenters. The minimum absolute atomic E-state index is 0.859. The molecule has 0 fully saturated rings. The van der Waals surface area contributed by atoms with Gasteiger partial charge in [0, 0.05) is 50.1 Å². The van der Waals surface area contributed by atoms with Crippen LogP contribution in [0.4, 0.5) is 17.1 Å². The van der Waals surface area contributed by atoms with Gasteiger partial charge in [-0.25, -0.2) is 0 Å². The van der Waals surface area contributed by atoms with Crippen molar-refractivity contribution in [3.63, 3.8) is 0 Å². The normalized spacial score (nSPS) is 11.7. The second-order valence-electron chi connectivity index (χ2n) is 15.3. The zero-order valence-electron chi connectivity index (χ0n) is 32.1. The predicted molar refractivity (Wildman–Crippen MR) is 249 cm³/mol. The number of aromatic nitrogens is 1. The van der Waals surface area contributed by atoms with E-state index in [-0.39, 0.29) is 0 Å². The summed E-state index contributed by atoms with van der Waals surface area (Å²) in [6, 6.07) is 78.8. The van der Waals surface area contributed by atoms with Crippen molar-refractivity contribution in [2.45, 2.75) is 0 Å². The van der Waals surface area contributed by atoms with Crippen molar-refractivity contribution in [1.82, 2.24) is 4.57 Å². The van der Waals surface area contributed by atoms with Crippen LogP contribution in [0.2, 0.25) is 0 Å². The van der Waals surface area contributed by atoms with Crippen LogP contribution in [0.5, 0.6) is 0 Å². The van der Waals surface area contributed by atoms with E-state index < -0.39 is 0 Å². The molecule has 12 rings (SSSR count). The van der Waals surface area contributed by atoms with Gasteiger partial charge in [-0.3, -0.25) is 0 Å². The molecule has 59 heavy (non-hydrogen) atoms. The van der Waals surface area contributed by atoms with Gasteiger partial charge in [0.2, 0.25) is 0 Å². The van der Waals surface area contributed by atoms with Crippen molar-refractivity contribution in [1.29, 1.82) is 0 Å². The SMILES string of the molecule is c1ccc(-c2ccc(N(c3ccc4c(c3)oc3ccccc34)c3cc(-n4c5cccc(-c6ccccc6)c5c5c6ccccc6ccc54)cc4ccccc34)cc2)cc1. The first kappa shape index (κ1) is 33.3. The highest BCUT2D eigenvalue weighted by atomic mass is 16.3. The minimum atomic E-state index is 0.859. The quantitative estimate of drug-likeness (QED) is 0.169. The van der Waals surface area contributed by atoms with Crippen LogP contribution < -0.4 is 4.90 Å². The molecule has 3 heteroatoms. The van der Waals surface area contributed by atoms with Gasteiger partial charge in [0.15, 0.2) is 0 Å². The molecule has 0 bridgehead atoms. The van der Waals surface area contributed by atoms with Crippen molar-refractivity contribution >= 4 is 82.4 Å². The Kier molecular flexibility index (Phi) is 7.54. The molecular weight excluding hydrogens is 717 g/mol. The molecule has 0 spiro atoms. The van der Waals surface area contributed by atoms with Crippen molar-refractivity contribution in [2.75, 3.05) is 4.90 Å². The number of para-hydroxylation sites is 1. The monoisotopic (exact) mass is 752 g/mol. The number of hydrogen-bond donors (Lipinski definition) is 0. The molecule has 12 aromatic rings. The number of furan rings is 1. The second-order valence-corrected chi connectivity index (χ2v) is 15.3. The molecule has 0 aliphatic heterocycles. The van der Waals surface area contributed by atoms with Gasteiger partial charge in [-0.15, -0.1) is 0 Å². The lowest BCUT2D eigenvalue weighted by atomic mass is 9.97. The lowest BCUT2D eigenvalue weighted by Gasteiger charge is -2.28. The van der Waals surface area contributed by atoms with E-state index >= 15 is 0 Å². The molecule has 0 amide bonds. The van der Waals surface area contributed by atoms with Crippen LogP contribution in [0.3, 0.4) is 0 Å². The van der Waals surface area contributed by atoms with Gasteiger partial charge in [-0.05, 0) is 93.0 Å². The molecule has 0 aliphatic carbocycles. The van der Waals surface area contributed by atoms with Crippen molar-refractivity contribution in [3.05, 3.63) is 218 Å². The Bertz CT molecular complexity index is 3540. The summed E-state index contributed by atoms with van der Waals surface area (Å²) in [6.45, 7) is 0. The fraction of sp³-hybridized carbons (Fsp3) is 0. The minimum Gasteiger partial charge on any atom is -0.456 e. The first-order valence-corrected chi connectivity index (χ1v) is 20.2. The number of nitrogens with zero attached hydrogens (tertiary/aromatic N) is 2. The Hall–Kier alpha value is -7.88. The molecule has 3 nitrogen and oxygen atoms in total. The van der Waals surface area contributed by atoms with E-state index in [0.29, 0.717) is 0 Å². The number of anilines is 3. The standard InChI is InChI=1S/C56H36N2O/c1-3-14-37(15-4-1)38-26-29-42(30-27-38)57(43-31-32-49-48-22-11-12-25-53(48)59-54(49)36-43)52-35-44(34-41-19-8-9-20-45(41)52)58-50-24-13-23-47(39-16-5-2-6-17-39)55(50)56-46-21-10-7-18-40(46)28-33-51(56)58/h1-36H. The summed E-state index contributed by atoms with van der Waals surface area (Å²) in [5, 5.41) is 9.53. The number of fused-ring (bicyclic) bond motifs is 9. The van der Waals surface area contributed by atoms with Gasteiger partial charge in [0.1, 0.15) is 11.2 Å². The fourth-order valence-corrected chi connectivity index (χ4v) is 9.27. The van der Waals surface area contributed by atoms with Gasteiger partial charge >= 0.3 is 0 Å². The third-order valence-corrected chi connectivity index (χ3v) is 11.9. The van der Waals surface area contributed by atoms with Crippen LogP contribution in [0.25, 0.3) is 93.2 Å². The van der Waals surface area contributed by atoms with Crippen molar-refractivity contribution in [2.24, 2.45) is 0 Å². The summed E-state index contributed by atoms with van der Waals surface area (Å²) in [4.78, 5) is 2.39. The summed E-state index contributed by atoms with van der Waals surface area (Å²) in [6.07, 6.45) is 0. The number of rotatable bonds is 6. The first-order valence-electron chi connectivity index (χ1n) is 20.2. The maximum atomic E-state index is 6.51. The van der Waals surface area contributed by atoms with E-state index in [1.165, 1.54) is 54.8 Å². The first-order chi connectivity index (χ1) is 29.3. The van der Waals surface area contributed by atoms with Crippen LogP contribution in [-0.2, 0) is 0 Å².